The Bertz CT molecular complexity index is 205. The lowest BCUT2D eigenvalue weighted by Gasteiger charge is -2.44. The van der Waals surface area contributed by atoms with E-state index in [4.69, 9.17) is 4.74 Å². The number of methoxy groups -OCH3 is 1. The van der Waals surface area contributed by atoms with Crippen molar-refractivity contribution in [1.82, 2.24) is 5.32 Å². The minimum atomic E-state index is 0.106. The molecule has 1 aliphatic rings. The highest BCUT2D eigenvalue weighted by Crippen LogP contribution is 2.44. The van der Waals surface area contributed by atoms with E-state index in [0.717, 1.165) is 12.5 Å². The van der Waals surface area contributed by atoms with E-state index < -0.39 is 0 Å². The van der Waals surface area contributed by atoms with E-state index in [0.29, 0.717) is 5.41 Å². The first-order valence-electron chi connectivity index (χ1n) is 6.69. The molecule has 0 unspecified atom stereocenters. The van der Waals surface area contributed by atoms with Crippen LogP contribution in [0.4, 0.5) is 0 Å². The van der Waals surface area contributed by atoms with Gasteiger partial charge in [-0.05, 0) is 44.1 Å². The Hall–Kier alpha value is -0.0800. The molecule has 0 aromatic heterocycles. The highest BCUT2D eigenvalue weighted by molar-refractivity contribution is 4.92. The Morgan fingerprint density at radius 3 is 2.25 bits per heavy atom. The third kappa shape index (κ3) is 2.98. The predicted octanol–water partition coefficient (Wildman–Crippen LogP) is 3.22. The van der Waals surface area contributed by atoms with Crippen LogP contribution in [0.15, 0.2) is 0 Å². The van der Waals surface area contributed by atoms with Crippen LogP contribution in [0.2, 0.25) is 0 Å². The number of rotatable bonds is 5. The molecule has 1 aliphatic carbocycles. The largest absolute Gasteiger partial charge is 0.377 e. The van der Waals surface area contributed by atoms with Gasteiger partial charge in [-0.25, -0.2) is 0 Å². The molecule has 0 aromatic carbocycles. The lowest BCUT2D eigenvalue weighted by Crippen LogP contribution is -2.46. The van der Waals surface area contributed by atoms with Gasteiger partial charge in [0, 0.05) is 13.7 Å². The quantitative estimate of drug-likeness (QED) is 0.778. The predicted molar refractivity (Wildman–Crippen MR) is 69.7 cm³/mol. The smallest absolute Gasteiger partial charge is 0.0802 e. The number of hydrogen-bond donors (Lipinski definition) is 1. The molecule has 2 heteroatoms. The first-order chi connectivity index (χ1) is 7.49. The highest BCUT2D eigenvalue weighted by atomic mass is 16.5. The minimum absolute atomic E-state index is 0.106. The summed E-state index contributed by atoms with van der Waals surface area (Å²) in [6.07, 6.45) is 6.33. The number of nitrogens with one attached hydrogen (secondary N) is 1. The monoisotopic (exact) mass is 227 g/mol. The van der Waals surface area contributed by atoms with Crippen LogP contribution in [0.1, 0.15) is 52.9 Å². The third-order valence-electron chi connectivity index (χ3n) is 4.85. The zero-order valence-electron chi connectivity index (χ0n) is 11.7. The molecule has 1 rings (SSSR count). The van der Waals surface area contributed by atoms with Crippen LogP contribution in [0.25, 0.3) is 0 Å². The van der Waals surface area contributed by atoms with Crippen LogP contribution in [0, 0.1) is 11.3 Å². The molecule has 16 heavy (non-hydrogen) atoms. The van der Waals surface area contributed by atoms with Crippen LogP contribution in [0.3, 0.4) is 0 Å². The van der Waals surface area contributed by atoms with E-state index in [9.17, 15) is 0 Å². The molecule has 2 nitrogen and oxygen atoms in total. The lowest BCUT2D eigenvalue weighted by atomic mass is 9.66. The summed E-state index contributed by atoms with van der Waals surface area (Å²) in [7, 11) is 3.88. The van der Waals surface area contributed by atoms with Crippen molar-refractivity contribution < 1.29 is 4.74 Å². The molecule has 0 heterocycles. The maximum absolute atomic E-state index is 5.75. The maximum atomic E-state index is 5.75. The van der Waals surface area contributed by atoms with Gasteiger partial charge in [-0.15, -0.1) is 0 Å². The van der Waals surface area contributed by atoms with Gasteiger partial charge < -0.3 is 10.1 Å². The molecule has 0 saturated heterocycles. The zero-order chi connectivity index (χ0) is 12.2. The molecule has 1 fully saturated rings. The van der Waals surface area contributed by atoms with Crippen molar-refractivity contribution in [3.05, 3.63) is 0 Å². The summed E-state index contributed by atoms with van der Waals surface area (Å²) >= 11 is 0. The fourth-order valence-corrected chi connectivity index (χ4v) is 2.99. The highest BCUT2D eigenvalue weighted by Gasteiger charge is 2.39. The normalized spacial score (nSPS) is 31.7. The van der Waals surface area contributed by atoms with Gasteiger partial charge in [0.1, 0.15) is 0 Å². The fourth-order valence-electron chi connectivity index (χ4n) is 2.99. The van der Waals surface area contributed by atoms with Crippen molar-refractivity contribution >= 4 is 0 Å². The molecule has 96 valence electrons. The summed E-state index contributed by atoms with van der Waals surface area (Å²) in [5.74, 6) is 0.873. The summed E-state index contributed by atoms with van der Waals surface area (Å²) in [5, 5.41) is 3.27. The van der Waals surface area contributed by atoms with E-state index in [1.807, 2.05) is 14.2 Å². The SMILES string of the molecule is CCC(C)(C)C1CCC(CNC)(OC)CC1. The van der Waals surface area contributed by atoms with Gasteiger partial charge in [-0.2, -0.15) is 0 Å². The average Bonchev–Trinajstić information content (AvgIpc) is 2.30. The lowest BCUT2D eigenvalue weighted by molar-refractivity contribution is -0.0590. The Balaban J connectivity index is 2.55. The Kier molecular flexibility index (Phi) is 4.81. The molecular formula is C14H29NO. The summed E-state index contributed by atoms with van der Waals surface area (Å²) in [5.41, 5.74) is 0.606. The topological polar surface area (TPSA) is 21.3 Å². The average molecular weight is 227 g/mol. The van der Waals surface area contributed by atoms with Crippen molar-refractivity contribution in [3.8, 4) is 0 Å². The Labute approximate surface area is 101 Å². The van der Waals surface area contributed by atoms with Crippen molar-refractivity contribution in [2.75, 3.05) is 20.7 Å². The van der Waals surface area contributed by atoms with Crippen LogP contribution in [-0.2, 0) is 4.74 Å². The molecule has 0 atom stereocenters. The molecule has 0 spiro atoms. The van der Waals surface area contributed by atoms with E-state index in [-0.39, 0.29) is 5.60 Å². The van der Waals surface area contributed by atoms with Gasteiger partial charge in [-0.1, -0.05) is 27.2 Å². The van der Waals surface area contributed by atoms with Gasteiger partial charge in [0.05, 0.1) is 5.60 Å². The number of ether oxygens (including phenoxy) is 1. The van der Waals surface area contributed by atoms with Crippen LogP contribution >= 0.6 is 0 Å². The third-order valence-corrected chi connectivity index (χ3v) is 4.85. The Morgan fingerprint density at radius 1 is 1.31 bits per heavy atom. The van der Waals surface area contributed by atoms with Crippen molar-refractivity contribution in [2.24, 2.45) is 11.3 Å². The van der Waals surface area contributed by atoms with Crippen molar-refractivity contribution in [3.63, 3.8) is 0 Å². The molecule has 0 bridgehead atoms. The maximum Gasteiger partial charge on any atom is 0.0802 e. The van der Waals surface area contributed by atoms with E-state index in [1.54, 1.807) is 0 Å². The van der Waals surface area contributed by atoms with Crippen LogP contribution in [0.5, 0.6) is 0 Å². The van der Waals surface area contributed by atoms with E-state index in [1.165, 1.54) is 32.1 Å². The summed E-state index contributed by atoms with van der Waals surface area (Å²) < 4.78 is 5.75. The second-order valence-corrected chi connectivity index (χ2v) is 6.03. The molecule has 0 amide bonds. The van der Waals surface area contributed by atoms with Gasteiger partial charge >= 0.3 is 0 Å². The molecule has 0 aliphatic heterocycles. The second kappa shape index (κ2) is 5.50. The van der Waals surface area contributed by atoms with E-state index in [2.05, 4.69) is 26.1 Å². The first-order valence-corrected chi connectivity index (χ1v) is 6.69. The van der Waals surface area contributed by atoms with Gasteiger partial charge in [0.15, 0.2) is 0 Å². The van der Waals surface area contributed by atoms with Gasteiger partial charge in [0.2, 0.25) is 0 Å². The number of likely N-dealkylation sites (N-methyl/N-ethyl adjacent to an activating group) is 1. The van der Waals surface area contributed by atoms with Crippen molar-refractivity contribution in [1.29, 1.82) is 0 Å². The van der Waals surface area contributed by atoms with Gasteiger partial charge in [-0.3, -0.25) is 0 Å². The standard InChI is InChI=1S/C14H29NO/c1-6-13(2,3)12-7-9-14(16-5,10-8-12)11-15-4/h12,15H,6-11H2,1-5H3. The molecule has 0 aromatic rings. The number of hydrogen-bond acceptors (Lipinski definition) is 2. The fraction of sp³-hybridized carbons (Fsp3) is 1.00. The summed E-state index contributed by atoms with van der Waals surface area (Å²) in [4.78, 5) is 0. The first kappa shape index (κ1) is 14.0. The minimum Gasteiger partial charge on any atom is -0.377 e. The van der Waals surface area contributed by atoms with Gasteiger partial charge in [0.25, 0.3) is 0 Å². The molecule has 1 saturated carbocycles. The van der Waals surface area contributed by atoms with Crippen LogP contribution in [-0.4, -0.2) is 26.3 Å². The van der Waals surface area contributed by atoms with E-state index >= 15 is 0 Å². The molecular weight excluding hydrogens is 198 g/mol. The summed E-state index contributed by atoms with van der Waals surface area (Å²) in [6, 6.07) is 0. The molecule has 1 N–H and O–H groups in total. The summed E-state index contributed by atoms with van der Waals surface area (Å²) in [6.45, 7) is 8.12. The van der Waals surface area contributed by atoms with Crippen LogP contribution < -0.4 is 5.32 Å². The van der Waals surface area contributed by atoms with Crippen molar-refractivity contribution in [2.45, 2.75) is 58.5 Å². The second-order valence-electron chi connectivity index (χ2n) is 6.03. The Morgan fingerprint density at radius 2 is 1.88 bits per heavy atom. The molecule has 0 radical (unpaired) electrons. The zero-order valence-corrected chi connectivity index (χ0v) is 11.7.